The minimum Gasteiger partial charge on any atom is -0.259 e. The Balaban J connectivity index is 1.34. The summed E-state index contributed by atoms with van der Waals surface area (Å²) in [7, 11) is 0. The minimum absolute atomic E-state index is 0.349. The third kappa shape index (κ3) is 4.75. The molecule has 3 heterocycles. The Kier molecular flexibility index (Phi) is 6.42. The topological polar surface area (TPSA) is 76.3 Å². The fourth-order valence-corrected chi connectivity index (χ4v) is 6.37. The first kappa shape index (κ1) is 27.0. The molecule has 6 nitrogen and oxygen atoms in total. The molecule has 0 unspecified atom stereocenters. The van der Waals surface area contributed by atoms with E-state index in [0.29, 0.717) is 24.1 Å². The average molecular weight is 603 g/mol. The van der Waals surface area contributed by atoms with Crippen LogP contribution < -0.4 is 10.7 Å². The lowest BCUT2D eigenvalue weighted by Gasteiger charge is -2.13. The van der Waals surface area contributed by atoms with Crippen LogP contribution in [0.2, 0.25) is 0 Å². The summed E-state index contributed by atoms with van der Waals surface area (Å²) in [5.41, 5.74) is 7.69. The van der Waals surface area contributed by atoms with Crippen LogP contribution in [0.4, 0.5) is 0 Å². The van der Waals surface area contributed by atoms with E-state index in [9.17, 15) is 0 Å². The zero-order chi connectivity index (χ0) is 31.2. The highest BCUT2D eigenvalue weighted by molar-refractivity contribution is 6.11. The molecule has 0 saturated carbocycles. The number of para-hydroxylation sites is 1. The van der Waals surface area contributed by atoms with Gasteiger partial charge in [-0.2, -0.15) is 0 Å². The van der Waals surface area contributed by atoms with Gasteiger partial charge in [-0.3, -0.25) is 9.98 Å². The Morgan fingerprint density at radius 3 is 1.72 bits per heavy atom. The van der Waals surface area contributed by atoms with Crippen molar-refractivity contribution in [2.24, 2.45) is 9.98 Å². The summed E-state index contributed by atoms with van der Waals surface area (Å²) in [6.45, 7) is 0.349. The molecule has 9 rings (SSSR count). The molecule has 220 valence electrons. The number of nitrogens with zero attached hydrogens (tertiary/aromatic N) is 6. The Morgan fingerprint density at radius 1 is 0.383 bits per heavy atom. The van der Waals surface area contributed by atoms with Gasteiger partial charge in [-0.25, -0.2) is 19.9 Å². The second-order valence-electron chi connectivity index (χ2n) is 11.5. The van der Waals surface area contributed by atoms with Crippen molar-refractivity contribution in [3.05, 3.63) is 156 Å². The van der Waals surface area contributed by atoms with Crippen LogP contribution >= 0.6 is 0 Å². The van der Waals surface area contributed by atoms with Gasteiger partial charge < -0.3 is 0 Å². The monoisotopic (exact) mass is 602 g/mol. The van der Waals surface area contributed by atoms with E-state index >= 15 is 0 Å². The van der Waals surface area contributed by atoms with E-state index in [1.807, 2.05) is 84.9 Å². The predicted octanol–water partition coefficient (Wildman–Crippen LogP) is 8.12. The normalized spacial score (nSPS) is 12.1. The Bertz CT molecular complexity index is 2590. The Hall–Kier alpha value is -6.40. The fourth-order valence-electron chi connectivity index (χ4n) is 6.37. The molecule has 6 aromatic carbocycles. The van der Waals surface area contributed by atoms with E-state index in [4.69, 9.17) is 29.9 Å². The smallest absolute Gasteiger partial charge is 0.166 e. The summed E-state index contributed by atoms with van der Waals surface area (Å²) in [4.78, 5) is 30.3. The molecule has 0 N–H and O–H groups in total. The average Bonchev–Trinajstić information content (AvgIpc) is 3.65. The van der Waals surface area contributed by atoms with E-state index in [0.717, 1.165) is 71.5 Å². The van der Waals surface area contributed by atoms with Crippen LogP contribution in [0, 0.1) is 0 Å². The molecule has 0 radical (unpaired) electrons. The second kappa shape index (κ2) is 11.2. The molecule has 1 aliphatic heterocycles. The molecule has 0 aliphatic carbocycles. The highest BCUT2D eigenvalue weighted by Crippen LogP contribution is 2.33. The zero-order valence-corrected chi connectivity index (χ0v) is 25.2. The maximum Gasteiger partial charge on any atom is 0.166 e. The van der Waals surface area contributed by atoms with E-state index in [1.165, 1.54) is 0 Å². The maximum absolute atomic E-state index is 5.18. The number of aromatic nitrogens is 4. The van der Waals surface area contributed by atoms with Gasteiger partial charge in [-0.05, 0) is 29.3 Å². The first-order valence-electron chi connectivity index (χ1n) is 15.6. The van der Waals surface area contributed by atoms with E-state index < -0.39 is 0 Å². The van der Waals surface area contributed by atoms with E-state index in [2.05, 4.69) is 60.7 Å². The lowest BCUT2D eigenvalue weighted by molar-refractivity contribution is 1.05. The molecular formula is C41H26N6. The molecule has 0 fully saturated rings. The summed E-state index contributed by atoms with van der Waals surface area (Å²) in [6.07, 6.45) is 0. The zero-order valence-electron chi connectivity index (χ0n) is 25.2. The standard InChI is InChI=1S/C41H26N6/c1-4-13-26(14-5-1)29-19-12-20-30(23-29)40-45-39(28-17-8-3-9-18-28)46-41(47-40)33-24-32-35(38-37(33)42-25-43-38)31-21-10-11-22-34(31)44-36(32)27-15-6-2-7-16-27/h1-24H,25H2. The summed E-state index contributed by atoms with van der Waals surface area (Å²) >= 11 is 0. The third-order valence-corrected chi connectivity index (χ3v) is 8.58. The van der Waals surface area contributed by atoms with Gasteiger partial charge in [0.2, 0.25) is 0 Å². The highest BCUT2D eigenvalue weighted by Gasteiger charge is 2.21. The van der Waals surface area contributed by atoms with Crippen LogP contribution in [0.5, 0.6) is 0 Å². The Labute approximate surface area is 270 Å². The van der Waals surface area contributed by atoms with Crippen LogP contribution in [0.25, 0.3) is 78.2 Å². The van der Waals surface area contributed by atoms with Crippen molar-refractivity contribution < 1.29 is 0 Å². The number of hydrogen-bond acceptors (Lipinski definition) is 6. The van der Waals surface area contributed by atoms with Gasteiger partial charge in [0.05, 0.1) is 21.9 Å². The first-order valence-corrected chi connectivity index (χ1v) is 15.6. The van der Waals surface area contributed by atoms with Gasteiger partial charge in [0.25, 0.3) is 0 Å². The van der Waals surface area contributed by atoms with Crippen LogP contribution in [0.3, 0.4) is 0 Å². The summed E-state index contributed by atoms with van der Waals surface area (Å²) in [5, 5.41) is 4.72. The highest BCUT2D eigenvalue weighted by atomic mass is 15.0. The molecule has 2 aromatic heterocycles. The SMILES string of the molecule is c1ccc(-c2cccc(-c3nc(-c4ccccc4)nc(-c4cc5c(-c6ccccc6)nc6ccccc6c5c5c4=NCN=5)n3)c2)cc1. The molecule has 0 bridgehead atoms. The number of benzene rings is 6. The molecule has 1 aliphatic rings. The van der Waals surface area contributed by atoms with Crippen molar-refractivity contribution in [1.82, 2.24) is 19.9 Å². The summed E-state index contributed by atoms with van der Waals surface area (Å²) in [5.74, 6) is 1.74. The van der Waals surface area contributed by atoms with E-state index in [-0.39, 0.29) is 0 Å². The van der Waals surface area contributed by atoms with Gasteiger partial charge in [0, 0.05) is 38.4 Å². The lowest BCUT2D eigenvalue weighted by Crippen LogP contribution is -2.26. The number of rotatable bonds is 5. The molecule has 0 amide bonds. The number of hydrogen-bond donors (Lipinski definition) is 0. The van der Waals surface area contributed by atoms with Gasteiger partial charge >= 0.3 is 0 Å². The van der Waals surface area contributed by atoms with E-state index in [1.54, 1.807) is 0 Å². The third-order valence-electron chi connectivity index (χ3n) is 8.58. The van der Waals surface area contributed by atoms with Gasteiger partial charge in [0.15, 0.2) is 17.5 Å². The lowest BCUT2D eigenvalue weighted by atomic mass is 9.96. The van der Waals surface area contributed by atoms with Crippen LogP contribution in [-0.4, -0.2) is 26.6 Å². The van der Waals surface area contributed by atoms with Crippen molar-refractivity contribution in [2.75, 3.05) is 6.67 Å². The maximum atomic E-state index is 5.18. The van der Waals surface area contributed by atoms with Crippen molar-refractivity contribution >= 4 is 21.7 Å². The predicted molar refractivity (Wildman–Crippen MR) is 187 cm³/mol. The van der Waals surface area contributed by atoms with Crippen molar-refractivity contribution in [3.63, 3.8) is 0 Å². The van der Waals surface area contributed by atoms with Crippen molar-refractivity contribution in [1.29, 1.82) is 0 Å². The molecule has 6 heteroatoms. The number of pyridine rings is 1. The molecule has 0 atom stereocenters. The quantitative estimate of drug-likeness (QED) is 0.187. The Morgan fingerprint density at radius 2 is 0.957 bits per heavy atom. The van der Waals surface area contributed by atoms with Crippen LogP contribution in [0.1, 0.15) is 0 Å². The van der Waals surface area contributed by atoms with Crippen LogP contribution in [-0.2, 0) is 0 Å². The van der Waals surface area contributed by atoms with Crippen LogP contribution in [0.15, 0.2) is 156 Å². The second-order valence-corrected chi connectivity index (χ2v) is 11.5. The van der Waals surface area contributed by atoms with Crippen molar-refractivity contribution in [3.8, 4) is 56.5 Å². The molecular weight excluding hydrogens is 576 g/mol. The number of fused-ring (bicyclic) bond motifs is 5. The first-order chi connectivity index (χ1) is 23.3. The van der Waals surface area contributed by atoms with Crippen molar-refractivity contribution in [2.45, 2.75) is 0 Å². The summed E-state index contributed by atoms with van der Waals surface area (Å²) in [6, 6.07) is 49.4. The summed E-state index contributed by atoms with van der Waals surface area (Å²) < 4.78 is 0. The molecule has 0 spiro atoms. The van der Waals surface area contributed by atoms with Gasteiger partial charge in [-0.15, -0.1) is 0 Å². The van der Waals surface area contributed by atoms with Gasteiger partial charge in [0.1, 0.15) is 6.67 Å². The molecule has 0 saturated heterocycles. The molecule has 47 heavy (non-hydrogen) atoms. The fraction of sp³-hybridized carbons (Fsp3) is 0.0244. The molecule has 8 aromatic rings. The van der Waals surface area contributed by atoms with Gasteiger partial charge in [-0.1, -0.05) is 127 Å². The minimum atomic E-state index is 0.349. The largest absolute Gasteiger partial charge is 0.259 e.